The van der Waals surface area contributed by atoms with Crippen LogP contribution in [0, 0.1) is 0 Å². The molecule has 0 heterocycles. The van der Waals surface area contributed by atoms with Crippen LogP contribution in [-0.4, -0.2) is 30.4 Å². The van der Waals surface area contributed by atoms with Gasteiger partial charge in [0, 0.05) is 7.26 Å². The molecule has 0 aliphatic rings. The van der Waals surface area contributed by atoms with Crippen molar-refractivity contribution in [1.29, 1.82) is 0 Å². The maximum absolute atomic E-state index is 9.98. The first-order valence-corrected chi connectivity index (χ1v) is 10.6. The molecule has 20 heavy (non-hydrogen) atoms. The highest BCUT2D eigenvalue weighted by Gasteiger charge is 2.32. The number of hydrogen-bond donors (Lipinski definition) is 0. The van der Waals surface area contributed by atoms with E-state index in [0.717, 1.165) is 6.08 Å². The number of rotatable bonds is 9. The normalized spacial score (nSPS) is 11.8. The fraction of sp³-hybridized carbons (Fsp3) is 0.824. The standard InChI is InChI=1S/C12H28P.C5H8O2/c1-5-9-13(10-6-2,11-7-3)12-8-4;1-4(6)3-5(2)7/h5-12H2,1-4H3;3,6H,1-2H3/q+1;/p-1/b;4-3-. The van der Waals surface area contributed by atoms with Crippen molar-refractivity contribution in [2.45, 2.75) is 67.2 Å². The molecular weight excluding hydrogens is 267 g/mol. The Morgan fingerprint density at radius 1 is 0.850 bits per heavy atom. The predicted octanol–water partition coefficient (Wildman–Crippen LogP) is 4.48. The second kappa shape index (κ2) is 13.6. The number of hydrogen-bond acceptors (Lipinski definition) is 2. The molecule has 0 atom stereocenters. The molecule has 0 spiro atoms. The zero-order valence-electron chi connectivity index (χ0n) is 14.5. The first-order valence-electron chi connectivity index (χ1n) is 8.08. The molecular formula is C17H35O2P. The van der Waals surface area contributed by atoms with Crippen LogP contribution in [0.4, 0.5) is 0 Å². The zero-order chi connectivity index (χ0) is 16.0. The molecule has 0 radical (unpaired) electrons. The maximum atomic E-state index is 9.98. The van der Waals surface area contributed by atoms with Gasteiger partial charge >= 0.3 is 0 Å². The van der Waals surface area contributed by atoms with Crippen LogP contribution in [0.2, 0.25) is 0 Å². The summed E-state index contributed by atoms with van der Waals surface area (Å²) < 4.78 is 0. The van der Waals surface area contributed by atoms with E-state index in [-0.39, 0.29) is 11.5 Å². The molecule has 3 heteroatoms. The highest BCUT2D eigenvalue weighted by Crippen LogP contribution is 2.60. The third-order valence-electron chi connectivity index (χ3n) is 3.20. The average molecular weight is 302 g/mol. The Bertz CT molecular complexity index is 239. The van der Waals surface area contributed by atoms with Crippen molar-refractivity contribution >= 4 is 13.0 Å². The van der Waals surface area contributed by atoms with Crippen molar-refractivity contribution in [3.8, 4) is 0 Å². The summed E-state index contributed by atoms with van der Waals surface area (Å²) in [5.41, 5.74) is 0. The SMILES string of the molecule is CC(=O)/C=C(/C)[O-].CCC[P+](CCC)(CCC)CCC. The summed E-state index contributed by atoms with van der Waals surface area (Å²) in [6, 6.07) is 0. The van der Waals surface area contributed by atoms with Crippen LogP contribution in [0.25, 0.3) is 0 Å². The van der Waals surface area contributed by atoms with Crippen molar-refractivity contribution in [3.05, 3.63) is 11.8 Å². The molecule has 0 fully saturated rings. The van der Waals surface area contributed by atoms with E-state index in [4.69, 9.17) is 0 Å². The third kappa shape index (κ3) is 12.7. The van der Waals surface area contributed by atoms with E-state index >= 15 is 0 Å². The molecule has 0 bridgehead atoms. The molecule has 0 amide bonds. The largest absolute Gasteiger partial charge is 0.876 e. The van der Waals surface area contributed by atoms with E-state index in [2.05, 4.69) is 27.7 Å². The molecule has 0 unspecified atom stereocenters. The minimum absolute atomic E-state index is 0.187. The molecule has 0 aliphatic carbocycles. The fourth-order valence-electron chi connectivity index (χ4n) is 2.85. The van der Waals surface area contributed by atoms with Crippen LogP contribution in [0.15, 0.2) is 11.8 Å². The summed E-state index contributed by atoms with van der Waals surface area (Å²) in [6.45, 7) is 12.1. The highest BCUT2D eigenvalue weighted by atomic mass is 31.2. The summed E-state index contributed by atoms with van der Waals surface area (Å²) in [5.74, 6) is -0.375. The van der Waals surface area contributed by atoms with E-state index in [9.17, 15) is 9.90 Å². The lowest BCUT2D eigenvalue weighted by Crippen LogP contribution is -2.10. The second-order valence-electron chi connectivity index (χ2n) is 5.60. The first-order chi connectivity index (χ1) is 9.37. The average Bonchev–Trinajstić information content (AvgIpc) is 2.29. The summed E-state index contributed by atoms with van der Waals surface area (Å²) in [7, 11) is -0.496. The van der Waals surface area contributed by atoms with Crippen LogP contribution < -0.4 is 5.11 Å². The predicted molar refractivity (Wildman–Crippen MR) is 92.0 cm³/mol. The van der Waals surface area contributed by atoms with Gasteiger partial charge in [-0.3, -0.25) is 4.79 Å². The Morgan fingerprint density at radius 2 is 1.15 bits per heavy atom. The molecule has 120 valence electrons. The van der Waals surface area contributed by atoms with Gasteiger partial charge in [0.2, 0.25) is 0 Å². The Hall–Kier alpha value is -0.360. The van der Waals surface area contributed by atoms with Crippen LogP contribution >= 0.6 is 7.26 Å². The van der Waals surface area contributed by atoms with E-state index in [1.807, 2.05) is 0 Å². The van der Waals surface area contributed by atoms with Crippen LogP contribution in [-0.2, 0) is 4.79 Å². The number of carbonyl (C=O) groups is 1. The van der Waals surface area contributed by atoms with Gasteiger partial charge in [-0.2, -0.15) is 0 Å². The lowest BCUT2D eigenvalue weighted by Gasteiger charge is -2.26. The Kier molecular flexibility index (Phi) is 14.9. The molecule has 0 rings (SSSR count). The molecule has 0 aliphatic heterocycles. The Balaban J connectivity index is 0. The van der Waals surface area contributed by atoms with Crippen LogP contribution in [0.5, 0.6) is 0 Å². The number of carbonyl (C=O) groups excluding carboxylic acids is 1. The van der Waals surface area contributed by atoms with Crippen LogP contribution in [0.1, 0.15) is 67.2 Å². The van der Waals surface area contributed by atoms with E-state index in [1.165, 1.54) is 39.5 Å². The van der Waals surface area contributed by atoms with Crippen molar-refractivity contribution in [2.75, 3.05) is 24.6 Å². The fourth-order valence-corrected chi connectivity index (χ4v) is 7.99. The van der Waals surface area contributed by atoms with Gasteiger partial charge < -0.3 is 5.11 Å². The lowest BCUT2D eigenvalue weighted by molar-refractivity contribution is -0.301. The summed E-state index contributed by atoms with van der Waals surface area (Å²) >= 11 is 0. The van der Waals surface area contributed by atoms with Crippen molar-refractivity contribution in [3.63, 3.8) is 0 Å². The maximum Gasteiger partial charge on any atom is 0.151 e. The van der Waals surface area contributed by atoms with Gasteiger partial charge in [0.15, 0.2) is 5.78 Å². The van der Waals surface area contributed by atoms with Gasteiger partial charge in [-0.25, -0.2) is 0 Å². The van der Waals surface area contributed by atoms with E-state index in [0.29, 0.717) is 0 Å². The van der Waals surface area contributed by atoms with Crippen molar-refractivity contribution in [2.24, 2.45) is 0 Å². The molecule has 0 N–H and O–H groups in total. The molecule has 0 aromatic carbocycles. The first kappa shape index (κ1) is 21.9. The Morgan fingerprint density at radius 3 is 1.25 bits per heavy atom. The summed E-state index contributed by atoms with van der Waals surface area (Å²) in [5, 5.41) is 9.98. The lowest BCUT2D eigenvalue weighted by atomic mass is 10.4. The van der Waals surface area contributed by atoms with Gasteiger partial charge in [-0.05, 0) is 38.7 Å². The van der Waals surface area contributed by atoms with Gasteiger partial charge in [0.05, 0.1) is 24.6 Å². The number of ketones is 1. The second-order valence-corrected chi connectivity index (χ2v) is 10.1. The molecule has 0 saturated carbocycles. The minimum atomic E-state index is -0.496. The topological polar surface area (TPSA) is 40.1 Å². The minimum Gasteiger partial charge on any atom is -0.876 e. The van der Waals surface area contributed by atoms with E-state index in [1.54, 1.807) is 24.6 Å². The van der Waals surface area contributed by atoms with Gasteiger partial charge in [0.1, 0.15) is 0 Å². The molecule has 0 saturated heterocycles. The summed E-state index contributed by atoms with van der Waals surface area (Å²) in [4.78, 5) is 9.98. The van der Waals surface area contributed by atoms with E-state index < -0.39 is 7.26 Å². The molecule has 2 nitrogen and oxygen atoms in total. The van der Waals surface area contributed by atoms with Crippen molar-refractivity contribution < 1.29 is 9.90 Å². The van der Waals surface area contributed by atoms with Gasteiger partial charge in [0.25, 0.3) is 0 Å². The molecule has 0 aromatic rings. The van der Waals surface area contributed by atoms with Gasteiger partial charge in [-0.1, -0.05) is 34.6 Å². The van der Waals surface area contributed by atoms with Gasteiger partial charge in [-0.15, -0.1) is 5.76 Å². The quantitative estimate of drug-likeness (QED) is 0.358. The smallest absolute Gasteiger partial charge is 0.151 e. The monoisotopic (exact) mass is 302 g/mol. The Labute approximate surface area is 127 Å². The van der Waals surface area contributed by atoms with Crippen molar-refractivity contribution in [1.82, 2.24) is 0 Å². The van der Waals surface area contributed by atoms with Crippen LogP contribution in [0.3, 0.4) is 0 Å². The molecule has 0 aromatic heterocycles. The zero-order valence-corrected chi connectivity index (χ0v) is 15.4. The third-order valence-corrected chi connectivity index (χ3v) is 8.78. The summed E-state index contributed by atoms with van der Waals surface area (Å²) in [6.07, 6.45) is 12.9. The highest BCUT2D eigenvalue weighted by molar-refractivity contribution is 7.75. The number of allylic oxidation sites excluding steroid dienone is 2.